The van der Waals surface area contributed by atoms with Gasteiger partial charge < -0.3 is 5.32 Å². The van der Waals surface area contributed by atoms with Crippen LogP contribution in [0.3, 0.4) is 0 Å². The van der Waals surface area contributed by atoms with Gasteiger partial charge in [0.05, 0.1) is 11.1 Å². The molecule has 1 atom stereocenters. The fourth-order valence-electron chi connectivity index (χ4n) is 4.53. The molecule has 0 unspecified atom stereocenters. The van der Waals surface area contributed by atoms with Crippen molar-refractivity contribution in [2.45, 2.75) is 56.4 Å². The molecule has 2 aromatic rings. The Balaban J connectivity index is 1.54. The van der Waals surface area contributed by atoms with Crippen LogP contribution in [0.4, 0.5) is 0 Å². The Hall–Kier alpha value is -2.14. The molecule has 0 saturated heterocycles. The Morgan fingerprint density at radius 2 is 1.96 bits per heavy atom. The van der Waals surface area contributed by atoms with Gasteiger partial charge in [0, 0.05) is 24.2 Å². The number of carbonyl (C=O) groups is 1. The molecule has 1 aromatic carbocycles. The van der Waals surface area contributed by atoms with Crippen molar-refractivity contribution >= 4 is 17.5 Å². The van der Waals surface area contributed by atoms with Crippen molar-refractivity contribution in [1.29, 1.82) is 0 Å². The highest BCUT2D eigenvalue weighted by molar-refractivity contribution is 6.30. The molecule has 0 spiro atoms. The van der Waals surface area contributed by atoms with E-state index in [1.54, 1.807) is 13.1 Å². The molecule has 0 radical (unpaired) electrons. The fourth-order valence-corrected chi connectivity index (χ4v) is 4.65. The van der Waals surface area contributed by atoms with Crippen LogP contribution in [-0.4, -0.2) is 21.7 Å². The van der Waals surface area contributed by atoms with E-state index >= 15 is 0 Å². The Morgan fingerprint density at radius 1 is 1.26 bits per heavy atom. The van der Waals surface area contributed by atoms with Crippen LogP contribution in [0.2, 0.25) is 5.02 Å². The first-order valence-corrected chi connectivity index (χ1v) is 9.99. The molecule has 1 fully saturated rings. The lowest BCUT2D eigenvalue weighted by Crippen LogP contribution is -2.48. The number of nitrogens with one attached hydrogen (secondary N) is 1. The minimum atomic E-state index is -0.462. The van der Waals surface area contributed by atoms with Crippen molar-refractivity contribution in [2.75, 3.05) is 0 Å². The SMILES string of the molecule is Cn1nc2c(cc1=O)C[C@H](NC(=O)C1(c3ccc(Cl)cc3)CCCC1)CC2. The Bertz CT molecular complexity index is 914. The molecule has 5 nitrogen and oxygen atoms in total. The highest BCUT2D eigenvalue weighted by Gasteiger charge is 2.43. The van der Waals surface area contributed by atoms with Crippen molar-refractivity contribution in [3.8, 4) is 0 Å². The molecule has 4 rings (SSSR count). The van der Waals surface area contributed by atoms with Crippen molar-refractivity contribution in [3.63, 3.8) is 0 Å². The van der Waals surface area contributed by atoms with Gasteiger partial charge in [-0.15, -0.1) is 0 Å². The monoisotopic (exact) mass is 385 g/mol. The first-order chi connectivity index (χ1) is 13.0. The first kappa shape index (κ1) is 18.2. The molecule has 2 aliphatic rings. The number of nitrogens with zero attached hydrogens (tertiary/aromatic N) is 2. The van der Waals surface area contributed by atoms with Gasteiger partial charge in [-0.05, 0) is 55.4 Å². The largest absolute Gasteiger partial charge is 0.352 e. The van der Waals surface area contributed by atoms with E-state index in [4.69, 9.17) is 11.6 Å². The molecule has 27 heavy (non-hydrogen) atoms. The molecule has 1 aromatic heterocycles. The maximum atomic E-state index is 13.3. The minimum Gasteiger partial charge on any atom is -0.352 e. The van der Waals surface area contributed by atoms with Gasteiger partial charge in [0.15, 0.2) is 0 Å². The van der Waals surface area contributed by atoms with E-state index in [2.05, 4.69) is 10.4 Å². The number of hydrogen-bond donors (Lipinski definition) is 1. The molecular weight excluding hydrogens is 362 g/mol. The van der Waals surface area contributed by atoms with Gasteiger partial charge >= 0.3 is 0 Å². The zero-order valence-corrected chi connectivity index (χ0v) is 16.3. The zero-order valence-electron chi connectivity index (χ0n) is 15.5. The molecule has 1 saturated carbocycles. The van der Waals surface area contributed by atoms with E-state index in [1.165, 1.54) is 4.68 Å². The molecule has 1 amide bonds. The standard InChI is InChI=1S/C21H24ClN3O2/c1-25-19(26)13-14-12-17(8-9-18(14)24-25)23-20(27)21(10-2-3-11-21)15-4-6-16(22)7-5-15/h4-7,13,17H,2-3,8-12H2,1H3,(H,23,27)/t17-/m1/s1. The number of aryl methyl sites for hydroxylation is 2. The van der Waals surface area contributed by atoms with Gasteiger partial charge in [0.1, 0.15) is 0 Å². The Morgan fingerprint density at radius 3 is 2.67 bits per heavy atom. The molecule has 142 valence electrons. The van der Waals surface area contributed by atoms with Gasteiger partial charge in [0.25, 0.3) is 5.56 Å². The minimum absolute atomic E-state index is 0.0451. The van der Waals surface area contributed by atoms with Crippen molar-refractivity contribution in [3.05, 3.63) is 62.5 Å². The van der Waals surface area contributed by atoms with E-state index in [-0.39, 0.29) is 17.5 Å². The van der Waals surface area contributed by atoms with E-state index < -0.39 is 5.41 Å². The van der Waals surface area contributed by atoms with Crippen molar-refractivity contribution in [1.82, 2.24) is 15.1 Å². The van der Waals surface area contributed by atoms with Gasteiger partial charge in [-0.3, -0.25) is 9.59 Å². The van der Waals surface area contributed by atoms with Gasteiger partial charge in [-0.1, -0.05) is 36.6 Å². The number of hydrogen-bond acceptors (Lipinski definition) is 3. The van der Waals surface area contributed by atoms with E-state index in [0.29, 0.717) is 11.4 Å². The maximum absolute atomic E-state index is 13.3. The third-order valence-electron chi connectivity index (χ3n) is 6.08. The molecule has 2 aliphatic carbocycles. The summed E-state index contributed by atoms with van der Waals surface area (Å²) in [5.41, 5.74) is 2.41. The average molecular weight is 386 g/mol. The maximum Gasteiger partial charge on any atom is 0.266 e. The quantitative estimate of drug-likeness (QED) is 0.883. The number of halogens is 1. The van der Waals surface area contributed by atoms with Gasteiger partial charge in [-0.25, -0.2) is 4.68 Å². The predicted molar refractivity (Wildman–Crippen MR) is 105 cm³/mol. The van der Waals surface area contributed by atoms with E-state index in [9.17, 15) is 9.59 Å². The summed E-state index contributed by atoms with van der Waals surface area (Å²) in [4.78, 5) is 25.2. The molecule has 0 aliphatic heterocycles. The number of rotatable bonds is 3. The lowest BCUT2D eigenvalue weighted by Gasteiger charge is -2.32. The second kappa shape index (κ2) is 7.12. The zero-order chi connectivity index (χ0) is 19.0. The van der Waals surface area contributed by atoms with Crippen LogP contribution >= 0.6 is 11.6 Å². The second-order valence-corrected chi connectivity index (χ2v) is 8.22. The topological polar surface area (TPSA) is 64.0 Å². The number of benzene rings is 1. The Labute approximate surface area is 163 Å². The van der Waals surface area contributed by atoms with Gasteiger partial charge in [0.2, 0.25) is 5.91 Å². The lowest BCUT2D eigenvalue weighted by molar-refractivity contribution is -0.127. The fraction of sp³-hybridized carbons (Fsp3) is 0.476. The van der Waals surface area contributed by atoms with Crippen molar-refractivity contribution < 1.29 is 4.79 Å². The lowest BCUT2D eigenvalue weighted by atomic mass is 9.77. The summed E-state index contributed by atoms with van der Waals surface area (Å²) in [6, 6.07) is 9.40. The van der Waals surface area contributed by atoms with Crippen LogP contribution < -0.4 is 10.9 Å². The number of amides is 1. The van der Waals surface area contributed by atoms with Crippen LogP contribution in [0.5, 0.6) is 0 Å². The summed E-state index contributed by atoms with van der Waals surface area (Å²) in [6.45, 7) is 0. The molecule has 6 heteroatoms. The van der Waals surface area contributed by atoms with Gasteiger partial charge in [-0.2, -0.15) is 5.10 Å². The third kappa shape index (κ3) is 3.41. The molecular formula is C21H24ClN3O2. The predicted octanol–water partition coefficient (Wildman–Crippen LogP) is 2.92. The van der Waals surface area contributed by atoms with E-state index in [0.717, 1.165) is 55.3 Å². The summed E-state index contributed by atoms with van der Waals surface area (Å²) in [5.74, 6) is 0.104. The molecule has 0 bridgehead atoms. The van der Waals surface area contributed by atoms with Crippen LogP contribution in [0.15, 0.2) is 35.1 Å². The molecule has 1 N–H and O–H groups in total. The van der Waals surface area contributed by atoms with Crippen molar-refractivity contribution in [2.24, 2.45) is 7.05 Å². The summed E-state index contributed by atoms with van der Waals surface area (Å²) < 4.78 is 1.38. The normalized spacial score (nSPS) is 20.9. The van der Waals surface area contributed by atoms with E-state index in [1.807, 2.05) is 24.3 Å². The first-order valence-electron chi connectivity index (χ1n) is 9.61. The summed E-state index contributed by atoms with van der Waals surface area (Å²) >= 11 is 6.04. The third-order valence-corrected chi connectivity index (χ3v) is 6.33. The summed E-state index contributed by atoms with van der Waals surface area (Å²) in [5, 5.41) is 8.32. The number of aromatic nitrogens is 2. The summed E-state index contributed by atoms with van der Waals surface area (Å²) in [6.07, 6.45) is 6.15. The number of carbonyl (C=O) groups excluding carboxylic acids is 1. The summed E-state index contributed by atoms with van der Waals surface area (Å²) in [7, 11) is 1.67. The highest BCUT2D eigenvalue weighted by Crippen LogP contribution is 2.42. The smallest absolute Gasteiger partial charge is 0.266 e. The van der Waals surface area contributed by atoms with Crippen LogP contribution in [0, 0.1) is 0 Å². The second-order valence-electron chi connectivity index (χ2n) is 7.79. The van der Waals surface area contributed by atoms with Crippen LogP contribution in [0.1, 0.15) is 48.9 Å². The average Bonchev–Trinajstić information content (AvgIpc) is 3.15. The number of fused-ring (bicyclic) bond motifs is 1. The highest BCUT2D eigenvalue weighted by atomic mass is 35.5. The van der Waals surface area contributed by atoms with Crippen LogP contribution in [-0.2, 0) is 30.1 Å². The van der Waals surface area contributed by atoms with Crippen LogP contribution in [0.25, 0.3) is 0 Å². The Kier molecular flexibility index (Phi) is 4.81. The molecule has 1 heterocycles.